The molecule has 0 spiro atoms. The molecule has 175 valence electrons. The Balaban J connectivity index is 0.000000423. The summed E-state index contributed by atoms with van der Waals surface area (Å²) < 4.78 is 0. The second kappa shape index (κ2) is 12.7. The summed E-state index contributed by atoms with van der Waals surface area (Å²) in [7, 11) is 0. The maximum Gasteiger partial charge on any atom is 0.0536 e. The van der Waals surface area contributed by atoms with Crippen molar-refractivity contribution in [3.05, 3.63) is 84.8 Å². The van der Waals surface area contributed by atoms with Crippen LogP contribution < -0.4 is 0 Å². The molecule has 4 nitrogen and oxygen atoms in total. The van der Waals surface area contributed by atoms with Gasteiger partial charge in [-0.05, 0) is 37.0 Å². The first kappa shape index (κ1) is 26.8. The zero-order valence-corrected chi connectivity index (χ0v) is 21.9. The van der Waals surface area contributed by atoms with Gasteiger partial charge in [-0.3, -0.25) is 4.98 Å². The third-order valence-corrected chi connectivity index (χ3v) is 5.12. The Morgan fingerprint density at radius 2 is 1.48 bits per heavy atom. The molecule has 1 aromatic heterocycles. The van der Waals surface area contributed by atoms with Crippen LogP contribution in [0.1, 0.15) is 45.7 Å². The van der Waals surface area contributed by atoms with E-state index in [-0.39, 0.29) is 32.3 Å². The van der Waals surface area contributed by atoms with Gasteiger partial charge in [-0.1, -0.05) is 67.4 Å². The number of nitrogens with zero attached hydrogens (tertiary/aromatic N) is 2. The van der Waals surface area contributed by atoms with Gasteiger partial charge < -0.3 is 15.2 Å². The average Bonchev–Trinajstić information content (AvgIpc) is 2.78. The monoisotopic (exact) mass is 620 g/mol. The number of fused-ring (bicyclic) bond motifs is 1. The van der Waals surface area contributed by atoms with Crippen LogP contribution in [0.5, 0.6) is 0 Å². The average molecular weight is 620 g/mol. The summed E-state index contributed by atoms with van der Waals surface area (Å²) in [5.74, 6) is 0.329. The van der Waals surface area contributed by atoms with Crippen LogP contribution in [0.15, 0.2) is 73.1 Å². The molecule has 2 atom stereocenters. The number of aromatic nitrogens is 2. The normalized spacial score (nSPS) is 12.5. The van der Waals surface area contributed by atoms with Crippen LogP contribution in [0.25, 0.3) is 33.2 Å². The molecule has 5 heteroatoms. The molecular weight excluding hydrogens is 589 g/mol. The maximum atomic E-state index is 8.56. The molecule has 3 aromatic carbocycles. The fraction of sp³-hybridized carbons (Fsp3) is 0.286. The minimum Gasteiger partial charge on any atom is -0.393 e. The first-order valence-corrected chi connectivity index (χ1v) is 11.0. The number of aliphatic hydroxyl groups is 2. The van der Waals surface area contributed by atoms with E-state index in [4.69, 9.17) is 10.2 Å². The van der Waals surface area contributed by atoms with Gasteiger partial charge >= 0.3 is 0 Å². The van der Waals surface area contributed by atoms with E-state index in [0.717, 1.165) is 22.5 Å². The van der Waals surface area contributed by atoms with Crippen LogP contribution in [-0.4, -0.2) is 32.4 Å². The van der Waals surface area contributed by atoms with Gasteiger partial charge in [0.15, 0.2) is 0 Å². The van der Waals surface area contributed by atoms with Gasteiger partial charge in [0.05, 0.1) is 12.2 Å². The van der Waals surface area contributed by atoms with E-state index >= 15 is 0 Å². The van der Waals surface area contributed by atoms with Crippen LogP contribution in [0.3, 0.4) is 0 Å². The zero-order valence-electron chi connectivity index (χ0n) is 19.5. The molecule has 1 radical (unpaired) electrons. The first-order valence-electron chi connectivity index (χ1n) is 11.0. The summed E-state index contributed by atoms with van der Waals surface area (Å²) >= 11 is 0. The van der Waals surface area contributed by atoms with Gasteiger partial charge in [0.2, 0.25) is 0 Å². The van der Waals surface area contributed by atoms with Crippen molar-refractivity contribution in [2.45, 2.75) is 52.2 Å². The van der Waals surface area contributed by atoms with Crippen LogP contribution in [0.2, 0.25) is 0 Å². The Kier molecular flexibility index (Phi) is 10.3. The summed E-state index contributed by atoms with van der Waals surface area (Å²) in [6, 6.07) is 24.6. The molecule has 0 saturated heterocycles. The number of hydrogen-bond donors (Lipinski definition) is 2. The van der Waals surface area contributed by atoms with Crippen molar-refractivity contribution < 1.29 is 30.3 Å². The number of aliphatic hydroxyl groups excluding tert-OH is 2. The van der Waals surface area contributed by atoms with Gasteiger partial charge in [-0.2, -0.15) is 0 Å². The Bertz CT molecular complexity index is 1130. The van der Waals surface area contributed by atoms with Gasteiger partial charge in [0.25, 0.3) is 0 Å². The van der Waals surface area contributed by atoms with E-state index in [0.29, 0.717) is 12.3 Å². The molecule has 1 heterocycles. The molecule has 0 fully saturated rings. The van der Waals surface area contributed by atoms with Crippen molar-refractivity contribution in [1.82, 2.24) is 9.97 Å². The third-order valence-electron chi connectivity index (χ3n) is 5.12. The van der Waals surface area contributed by atoms with Gasteiger partial charge in [0.1, 0.15) is 0 Å². The summed E-state index contributed by atoms with van der Waals surface area (Å²) in [6.07, 6.45) is 3.22. The number of hydrogen-bond acceptors (Lipinski definition) is 4. The van der Waals surface area contributed by atoms with Gasteiger partial charge in [-0.15, -0.1) is 29.8 Å². The van der Waals surface area contributed by atoms with E-state index in [1.807, 2.05) is 0 Å². The Labute approximate surface area is 210 Å². The molecular formula is C28H31IrN2O2-. The van der Waals surface area contributed by atoms with Crippen LogP contribution in [0, 0.1) is 6.07 Å². The van der Waals surface area contributed by atoms with Crippen molar-refractivity contribution in [2.24, 2.45) is 0 Å². The fourth-order valence-corrected chi connectivity index (χ4v) is 3.69. The third kappa shape index (κ3) is 7.28. The van der Waals surface area contributed by atoms with E-state index in [1.165, 1.54) is 16.3 Å². The molecule has 0 amide bonds. The molecule has 2 N–H and O–H groups in total. The molecule has 4 rings (SSSR count). The molecule has 0 bridgehead atoms. The SMILES string of the molecule is CC(C)c1nccnc1-c1[c-]cc(-c2cccc3ccccc23)cc1.CC(O)CC(C)O.[Ir]. The Morgan fingerprint density at radius 1 is 0.818 bits per heavy atom. The first-order chi connectivity index (χ1) is 15.4. The predicted molar refractivity (Wildman–Crippen MR) is 131 cm³/mol. The Morgan fingerprint density at radius 3 is 2.09 bits per heavy atom. The van der Waals surface area contributed by atoms with Crippen LogP contribution >= 0.6 is 0 Å². The van der Waals surface area contributed by atoms with Crippen molar-refractivity contribution in [2.75, 3.05) is 0 Å². The van der Waals surface area contributed by atoms with Crippen LogP contribution in [0.4, 0.5) is 0 Å². The minimum atomic E-state index is -0.375. The largest absolute Gasteiger partial charge is 0.393 e. The van der Waals surface area contributed by atoms with Crippen molar-refractivity contribution >= 4 is 10.8 Å². The van der Waals surface area contributed by atoms with E-state index in [9.17, 15) is 0 Å². The number of benzene rings is 3. The minimum absolute atomic E-state index is 0. The molecule has 4 aromatic rings. The summed E-state index contributed by atoms with van der Waals surface area (Å²) in [5.41, 5.74) is 5.30. The van der Waals surface area contributed by atoms with E-state index in [1.54, 1.807) is 26.2 Å². The van der Waals surface area contributed by atoms with Crippen molar-refractivity contribution in [1.29, 1.82) is 0 Å². The van der Waals surface area contributed by atoms with Gasteiger partial charge in [0, 0.05) is 43.9 Å². The smallest absolute Gasteiger partial charge is 0.0536 e. The topological polar surface area (TPSA) is 66.2 Å². The van der Waals surface area contributed by atoms with Gasteiger partial charge in [-0.25, -0.2) is 0 Å². The van der Waals surface area contributed by atoms with E-state index in [2.05, 4.69) is 90.5 Å². The Hall–Kier alpha value is -2.43. The molecule has 0 aliphatic rings. The summed E-state index contributed by atoms with van der Waals surface area (Å²) in [4.78, 5) is 9.02. The van der Waals surface area contributed by atoms with E-state index < -0.39 is 0 Å². The fourth-order valence-electron chi connectivity index (χ4n) is 3.69. The quantitative estimate of drug-likeness (QED) is 0.268. The number of rotatable bonds is 5. The maximum absolute atomic E-state index is 8.56. The van der Waals surface area contributed by atoms with Crippen molar-refractivity contribution in [3.8, 4) is 22.4 Å². The molecule has 0 saturated carbocycles. The zero-order chi connectivity index (χ0) is 23.1. The van der Waals surface area contributed by atoms with Crippen LogP contribution in [-0.2, 0) is 20.1 Å². The summed E-state index contributed by atoms with van der Waals surface area (Å²) in [6.45, 7) is 7.59. The summed E-state index contributed by atoms with van der Waals surface area (Å²) in [5, 5.41) is 19.6. The second-order valence-corrected chi connectivity index (χ2v) is 8.40. The molecule has 33 heavy (non-hydrogen) atoms. The van der Waals surface area contributed by atoms with Crippen molar-refractivity contribution in [3.63, 3.8) is 0 Å². The molecule has 0 aliphatic carbocycles. The molecule has 2 unspecified atom stereocenters. The standard InChI is InChI=1S/C23H19N2.C5H12O2.Ir/c1-16(2)22-23(25-15-14-24-22)19-12-10-18(11-13-19)21-9-5-7-17-6-3-4-8-20(17)21;1-4(6)3-5(2)7;/h3-12,14-16H,1-2H3;4-7H,3H2,1-2H3;/q-1;;. The molecule has 0 aliphatic heterocycles. The predicted octanol–water partition coefficient (Wildman–Crippen LogP) is 6.02. The second-order valence-electron chi connectivity index (χ2n) is 8.40.